The van der Waals surface area contributed by atoms with Crippen LogP contribution in [0.15, 0.2) is 18.2 Å². The minimum Gasteiger partial charge on any atom is -0.382 e. The molecule has 0 aromatic heterocycles. The number of anilines is 2. The highest BCUT2D eigenvalue weighted by Gasteiger charge is 2.31. The highest BCUT2D eigenvalue weighted by molar-refractivity contribution is 5.95. The lowest BCUT2D eigenvalue weighted by Crippen LogP contribution is -2.37. The first-order chi connectivity index (χ1) is 12.9. The summed E-state index contributed by atoms with van der Waals surface area (Å²) in [6, 6.07) is 3.42. The molecule has 9 heteroatoms. The first kappa shape index (κ1) is 21.5. The predicted molar refractivity (Wildman–Crippen MR) is 97.1 cm³/mol. The van der Waals surface area contributed by atoms with E-state index in [0.717, 1.165) is 18.6 Å². The van der Waals surface area contributed by atoms with Crippen molar-refractivity contribution in [2.24, 2.45) is 0 Å². The molecule has 0 bridgehead atoms. The maximum absolute atomic E-state index is 13.1. The van der Waals surface area contributed by atoms with Gasteiger partial charge in [0.2, 0.25) is 5.91 Å². The van der Waals surface area contributed by atoms with Gasteiger partial charge in [0, 0.05) is 26.3 Å². The number of alkyl halides is 3. The third-order valence-electron chi connectivity index (χ3n) is 4.08. The summed E-state index contributed by atoms with van der Waals surface area (Å²) < 4.78 is 49.7. The normalized spacial score (nSPS) is 15.0. The van der Waals surface area contributed by atoms with Gasteiger partial charge >= 0.3 is 6.18 Å². The van der Waals surface area contributed by atoms with Gasteiger partial charge in [-0.3, -0.25) is 4.79 Å². The zero-order valence-corrected chi connectivity index (χ0v) is 15.4. The van der Waals surface area contributed by atoms with Crippen molar-refractivity contribution in [3.8, 4) is 0 Å². The first-order valence-corrected chi connectivity index (χ1v) is 9.04. The Balaban J connectivity index is 2.01. The van der Waals surface area contributed by atoms with Crippen LogP contribution in [-0.2, 0) is 20.4 Å². The van der Waals surface area contributed by atoms with E-state index in [1.54, 1.807) is 0 Å². The highest BCUT2D eigenvalue weighted by Crippen LogP contribution is 2.35. The summed E-state index contributed by atoms with van der Waals surface area (Å²) in [5.41, 5.74) is -0.0664. The molecule has 27 heavy (non-hydrogen) atoms. The molecule has 2 N–H and O–H groups in total. The molecule has 0 saturated carbocycles. The lowest BCUT2D eigenvalue weighted by Gasteiger charge is -2.31. The summed E-state index contributed by atoms with van der Waals surface area (Å²) >= 11 is 0. The van der Waals surface area contributed by atoms with E-state index in [9.17, 15) is 18.0 Å². The first-order valence-electron chi connectivity index (χ1n) is 9.04. The standard InChI is InChI=1S/C18H26F3N3O3/c1-2-26-9-3-6-22-13-17(25)23-15-12-14(18(19,20)21)4-5-16(15)24-7-10-27-11-8-24/h4-5,12,22H,2-3,6-11,13H2,1H3,(H,23,25). The molecule has 1 aliphatic rings. The zero-order chi connectivity index (χ0) is 19.7. The fraction of sp³-hybridized carbons (Fsp3) is 0.611. The lowest BCUT2D eigenvalue weighted by atomic mass is 10.1. The van der Waals surface area contributed by atoms with Crippen molar-refractivity contribution >= 4 is 17.3 Å². The minimum absolute atomic E-state index is 0.0188. The maximum Gasteiger partial charge on any atom is 0.416 e. The van der Waals surface area contributed by atoms with Gasteiger partial charge in [0.1, 0.15) is 0 Å². The molecule has 152 valence electrons. The molecule has 1 aliphatic heterocycles. The number of nitrogens with one attached hydrogen (secondary N) is 2. The molecule has 1 aromatic carbocycles. The van der Waals surface area contributed by atoms with Gasteiger partial charge in [0.25, 0.3) is 0 Å². The molecule has 0 unspecified atom stereocenters. The second kappa shape index (κ2) is 10.5. The summed E-state index contributed by atoms with van der Waals surface area (Å²) in [7, 11) is 0. The Morgan fingerprint density at radius 1 is 1.30 bits per heavy atom. The Kier molecular flexibility index (Phi) is 8.33. The Morgan fingerprint density at radius 2 is 2.04 bits per heavy atom. The zero-order valence-electron chi connectivity index (χ0n) is 15.4. The second-order valence-corrected chi connectivity index (χ2v) is 6.10. The predicted octanol–water partition coefficient (Wildman–Crippen LogP) is 2.50. The molecular formula is C18H26F3N3O3. The molecule has 0 spiro atoms. The van der Waals surface area contributed by atoms with Crippen LogP contribution in [0.25, 0.3) is 0 Å². The lowest BCUT2D eigenvalue weighted by molar-refractivity contribution is -0.137. The van der Waals surface area contributed by atoms with E-state index in [-0.39, 0.29) is 18.1 Å². The maximum atomic E-state index is 13.1. The van der Waals surface area contributed by atoms with E-state index in [2.05, 4.69) is 10.6 Å². The van der Waals surface area contributed by atoms with Gasteiger partial charge in [-0.1, -0.05) is 0 Å². The van der Waals surface area contributed by atoms with Gasteiger partial charge in [0.15, 0.2) is 0 Å². The van der Waals surface area contributed by atoms with Crippen LogP contribution in [0.5, 0.6) is 0 Å². The van der Waals surface area contributed by atoms with Crippen molar-refractivity contribution in [2.45, 2.75) is 19.5 Å². The van der Waals surface area contributed by atoms with Crippen molar-refractivity contribution in [3.63, 3.8) is 0 Å². The highest BCUT2D eigenvalue weighted by atomic mass is 19.4. The number of hydrogen-bond donors (Lipinski definition) is 2. The molecule has 1 amide bonds. The molecule has 1 aromatic rings. The Hall–Kier alpha value is -1.84. The van der Waals surface area contributed by atoms with Crippen molar-refractivity contribution in [1.29, 1.82) is 0 Å². The summed E-state index contributed by atoms with van der Waals surface area (Å²) in [4.78, 5) is 14.1. The van der Waals surface area contributed by atoms with Gasteiger partial charge in [-0.05, 0) is 38.1 Å². The molecule has 1 fully saturated rings. The average molecular weight is 389 g/mol. The largest absolute Gasteiger partial charge is 0.416 e. The third kappa shape index (κ3) is 7.00. The van der Waals surface area contributed by atoms with Crippen LogP contribution < -0.4 is 15.5 Å². The van der Waals surface area contributed by atoms with Gasteiger partial charge < -0.3 is 25.0 Å². The van der Waals surface area contributed by atoms with E-state index in [4.69, 9.17) is 9.47 Å². The van der Waals surface area contributed by atoms with Gasteiger partial charge in [0.05, 0.1) is 36.7 Å². The van der Waals surface area contributed by atoms with Crippen LogP contribution in [0.2, 0.25) is 0 Å². The summed E-state index contributed by atoms with van der Waals surface area (Å²) in [6.07, 6.45) is -3.72. The fourth-order valence-electron chi connectivity index (χ4n) is 2.73. The molecular weight excluding hydrogens is 363 g/mol. The Labute approximate surface area is 157 Å². The number of hydrogen-bond acceptors (Lipinski definition) is 5. The number of halogens is 3. The number of nitrogens with zero attached hydrogens (tertiary/aromatic N) is 1. The number of carbonyl (C=O) groups is 1. The molecule has 1 heterocycles. The van der Waals surface area contributed by atoms with Crippen LogP contribution in [0.3, 0.4) is 0 Å². The van der Waals surface area contributed by atoms with E-state index in [0.29, 0.717) is 51.7 Å². The van der Waals surface area contributed by atoms with Crippen molar-refractivity contribution in [2.75, 3.05) is 62.8 Å². The van der Waals surface area contributed by atoms with E-state index < -0.39 is 11.7 Å². The second-order valence-electron chi connectivity index (χ2n) is 6.10. The minimum atomic E-state index is -4.47. The number of rotatable bonds is 9. The SMILES string of the molecule is CCOCCCNCC(=O)Nc1cc(C(F)(F)F)ccc1N1CCOCC1. The van der Waals surface area contributed by atoms with Gasteiger partial charge in [-0.2, -0.15) is 13.2 Å². The van der Waals surface area contributed by atoms with Crippen LogP contribution >= 0.6 is 0 Å². The molecule has 6 nitrogen and oxygen atoms in total. The Morgan fingerprint density at radius 3 is 2.70 bits per heavy atom. The molecule has 0 radical (unpaired) electrons. The third-order valence-corrected chi connectivity index (χ3v) is 4.08. The smallest absolute Gasteiger partial charge is 0.382 e. The van der Waals surface area contributed by atoms with Crippen LogP contribution in [-0.4, -0.2) is 58.5 Å². The average Bonchev–Trinajstić information content (AvgIpc) is 2.64. The number of carbonyl (C=O) groups excluding carboxylic acids is 1. The number of ether oxygens (including phenoxy) is 2. The van der Waals surface area contributed by atoms with Crippen molar-refractivity contribution < 1.29 is 27.4 Å². The molecule has 0 aliphatic carbocycles. The molecule has 2 rings (SSSR count). The van der Waals surface area contributed by atoms with Crippen LogP contribution in [0, 0.1) is 0 Å². The van der Waals surface area contributed by atoms with E-state index in [1.807, 2.05) is 11.8 Å². The number of morpholine rings is 1. The number of benzene rings is 1. The van der Waals surface area contributed by atoms with Gasteiger partial charge in [-0.25, -0.2) is 0 Å². The summed E-state index contributed by atoms with van der Waals surface area (Å²) in [6.45, 7) is 5.86. The van der Waals surface area contributed by atoms with Gasteiger partial charge in [-0.15, -0.1) is 0 Å². The van der Waals surface area contributed by atoms with Crippen molar-refractivity contribution in [1.82, 2.24) is 5.32 Å². The van der Waals surface area contributed by atoms with Crippen molar-refractivity contribution in [3.05, 3.63) is 23.8 Å². The summed E-state index contributed by atoms with van der Waals surface area (Å²) in [5.74, 6) is -0.389. The Bertz CT molecular complexity index is 605. The topological polar surface area (TPSA) is 62.8 Å². The molecule has 0 atom stereocenters. The fourth-order valence-corrected chi connectivity index (χ4v) is 2.73. The molecule has 1 saturated heterocycles. The van der Waals surface area contributed by atoms with Crippen LogP contribution in [0.1, 0.15) is 18.9 Å². The summed E-state index contributed by atoms with van der Waals surface area (Å²) in [5, 5.41) is 5.57. The van der Waals surface area contributed by atoms with E-state index in [1.165, 1.54) is 6.07 Å². The monoisotopic (exact) mass is 389 g/mol. The number of amides is 1. The van der Waals surface area contributed by atoms with Crippen LogP contribution in [0.4, 0.5) is 24.5 Å². The quantitative estimate of drug-likeness (QED) is 0.636. The van der Waals surface area contributed by atoms with E-state index >= 15 is 0 Å².